The fourth-order valence-electron chi connectivity index (χ4n) is 5.86. The Labute approximate surface area is 228 Å². The van der Waals surface area contributed by atoms with E-state index in [0.29, 0.717) is 0 Å². The van der Waals surface area contributed by atoms with Gasteiger partial charge >= 0.3 is 0 Å². The molecule has 2 aromatic carbocycles. The molecule has 1 aliphatic rings. The zero-order valence-electron chi connectivity index (χ0n) is 22.3. The van der Waals surface area contributed by atoms with Gasteiger partial charge in [-0.25, -0.2) is 4.39 Å². The molecule has 6 rings (SSSR count). The summed E-state index contributed by atoms with van der Waals surface area (Å²) in [6.07, 6.45) is 15.8. The van der Waals surface area contributed by atoms with Crippen molar-refractivity contribution >= 4 is 28.6 Å². The van der Waals surface area contributed by atoms with Gasteiger partial charge in [-0.2, -0.15) is 5.10 Å². The topological polar surface area (TPSA) is 57.4 Å². The van der Waals surface area contributed by atoms with E-state index in [2.05, 4.69) is 57.1 Å². The third kappa shape index (κ3) is 5.22. The highest BCUT2D eigenvalue weighted by Crippen LogP contribution is 2.31. The summed E-state index contributed by atoms with van der Waals surface area (Å²) in [5, 5.41) is 10.9. The van der Waals surface area contributed by atoms with Crippen molar-refractivity contribution in [2.45, 2.75) is 45.4 Å². The monoisotopic (exact) mass is 516 g/mol. The summed E-state index contributed by atoms with van der Waals surface area (Å²) in [4.78, 5) is 8.10. The summed E-state index contributed by atoms with van der Waals surface area (Å²) >= 11 is 0. The van der Waals surface area contributed by atoms with E-state index in [0.717, 1.165) is 67.5 Å². The SMILES string of the molecule is C=C(/C=c1/c(-c2cc3c(-c4ccc(F)cc4)cccc3[nH]2)n[nH]/c1=C/C)c1cncc(CC2CCCCC2)c1. The zero-order chi connectivity index (χ0) is 26.8. The molecule has 3 heterocycles. The zero-order valence-corrected chi connectivity index (χ0v) is 22.3. The Morgan fingerprint density at radius 2 is 1.87 bits per heavy atom. The summed E-state index contributed by atoms with van der Waals surface area (Å²) in [6.45, 7) is 6.41. The number of rotatable bonds is 6. The molecule has 0 bridgehead atoms. The van der Waals surface area contributed by atoms with Gasteiger partial charge < -0.3 is 4.98 Å². The van der Waals surface area contributed by atoms with E-state index in [9.17, 15) is 4.39 Å². The third-order valence-corrected chi connectivity index (χ3v) is 7.93. The van der Waals surface area contributed by atoms with Crippen LogP contribution in [0.2, 0.25) is 0 Å². The van der Waals surface area contributed by atoms with Gasteiger partial charge in [0.05, 0.1) is 11.0 Å². The minimum atomic E-state index is -0.240. The minimum absolute atomic E-state index is 0.240. The molecule has 0 spiro atoms. The Morgan fingerprint density at radius 1 is 1.05 bits per heavy atom. The highest BCUT2D eigenvalue weighted by molar-refractivity contribution is 5.98. The van der Waals surface area contributed by atoms with Crippen LogP contribution in [0.15, 0.2) is 73.6 Å². The fraction of sp³-hybridized carbons (Fsp3) is 0.235. The van der Waals surface area contributed by atoms with Crippen molar-refractivity contribution in [1.29, 1.82) is 0 Å². The van der Waals surface area contributed by atoms with Crippen LogP contribution >= 0.6 is 0 Å². The molecule has 5 aromatic rings. The molecule has 0 saturated heterocycles. The van der Waals surface area contributed by atoms with Gasteiger partial charge in [-0.15, -0.1) is 0 Å². The average molecular weight is 517 g/mol. The van der Waals surface area contributed by atoms with Crippen LogP contribution in [0.1, 0.15) is 50.2 Å². The first-order valence-corrected chi connectivity index (χ1v) is 13.8. The predicted octanol–water partition coefficient (Wildman–Crippen LogP) is 7.18. The van der Waals surface area contributed by atoms with Crippen molar-refractivity contribution in [3.8, 4) is 22.5 Å². The van der Waals surface area contributed by atoms with Crippen LogP contribution in [0.5, 0.6) is 0 Å². The highest BCUT2D eigenvalue weighted by Gasteiger charge is 2.15. The summed E-state index contributed by atoms with van der Waals surface area (Å²) in [7, 11) is 0. The molecular formula is C34H33FN4. The number of allylic oxidation sites excluding steroid dienone is 1. The van der Waals surface area contributed by atoms with Crippen LogP contribution in [0.25, 0.3) is 51.1 Å². The molecule has 3 aromatic heterocycles. The Bertz CT molecular complexity index is 1750. The number of nitrogens with one attached hydrogen (secondary N) is 2. The Kier molecular flexibility index (Phi) is 6.97. The Balaban J connectivity index is 1.37. The number of halogens is 1. The molecule has 0 atom stereocenters. The second kappa shape index (κ2) is 10.9. The average Bonchev–Trinajstić information content (AvgIpc) is 3.58. The normalized spacial score (nSPS) is 15.3. The molecule has 1 saturated carbocycles. The van der Waals surface area contributed by atoms with E-state index in [4.69, 9.17) is 0 Å². The molecule has 0 aliphatic heterocycles. The Morgan fingerprint density at radius 3 is 2.67 bits per heavy atom. The molecule has 0 unspecified atom stereocenters. The number of pyridine rings is 1. The van der Waals surface area contributed by atoms with Gasteiger partial charge in [0.25, 0.3) is 0 Å². The van der Waals surface area contributed by atoms with E-state index in [1.165, 1.54) is 49.8 Å². The maximum atomic E-state index is 13.5. The molecule has 39 heavy (non-hydrogen) atoms. The standard InChI is InChI=1S/C34H33FN4/c1-3-31-30(16-22(2)26-18-24(20-36-21-26)17-23-8-5-4-6-9-23)34(39-38-31)33-19-29-28(10-7-11-32(29)37-33)25-12-14-27(35)15-13-25/h3,7,10-16,18-21,23,37-38H,2,4-6,8-9,17H2,1H3/b30-16+,31-3+. The molecular weight excluding hydrogens is 483 g/mol. The lowest BCUT2D eigenvalue weighted by Crippen LogP contribution is -2.23. The van der Waals surface area contributed by atoms with E-state index >= 15 is 0 Å². The van der Waals surface area contributed by atoms with Crippen molar-refractivity contribution in [1.82, 2.24) is 20.2 Å². The van der Waals surface area contributed by atoms with Crippen molar-refractivity contribution in [2.24, 2.45) is 5.92 Å². The van der Waals surface area contributed by atoms with Gasteiger partial charge in [0.1, 0.15) is 11.5 Å². The molecule has 0 radical (unpaired) electrons. The van der Waals surface area contributed by atoms with Crippen molar-refractivity contribution in [3.63, 3.8) is 0 Å². The molecule has 1 aliphatic carbocycles. The lowest BCUT2D eigenvalue weighted by atomic mass is 9.85. The van der Waals surface area contributed by atoms with Gasteiger partial charge in [0, 0.05) is 28.5 Å². The number of benzene rings is 2. The molecule has 2 N–H and O–H groups in total. The van der Waals surface area contributed by atoms with E-state index in [1.54, 1.807) is 0 Å². The number of aromatic nitrogens is 4. The first-order chi connectivity index (χ1) is 19.1. The fourth-order valence-corrected chi connectivity index (χ4v) is 5.86. The number of H-pyrrole nitrogens is 2. The maximum absolute atomic E-state index is 13.5. The number of fused-ring (bicyclic) bond motifs is 1. The number of aromatic amines is 2. The van der Waals surface area contributed by atoms with Gasteiger partial charge in [0.15, 0.2) is 0 Å². The smallest absolute Gasteiger partial charge is 0.123 e. The van der Waals surface area contributed by atoms with Crippen molar-refractivity contribution < 1.29 is 4.39 Å². The van der Waals surface area contributed by atoms with Crippen LogP contribution < -0.4 is 10.6 Å². The second-order valence-electron chi connectivity index (χ2n) is 10.6. The molecule has 5 heteroatoms. The van der Waals surface area contributed by atoms with Crippen LogP contribution in [-0.2, 0) is 6.42 Å². The van der Waals surface area contributed by atoms with Gasteiger partial charge in [-0.05, 0) is 83.5 Å². The minimum Gasteiger partial charge on any atom is -0.353 e. The highest BCUT2D eigenvalue weighted by atomic mass is 19.1. The van der Waals surface area contributed by atoms with E-state index in [-0.39, 0.29) is 5.82 Å². The van der Waals surface area contributed by atoms with Crippen LogP contribution in [-0.4, -0.2) is 20.2 Å². The van der Waals surface area contributed by atoms with E-state index < -0.39 is 0 Å². The largest absolute Gasteiger partial charge is 0.353 e. The van der Waals surface area contributed by atoms with Crippen LogP contribution in [0.3, 0.4) is 0 Å². The first kappa shape index (κ1) is 25.1. The third-order valence-electron chi connectivity index (χ3n) is 7.93. The van der Waals surface area contributed by atoms with Crippen LogP contribution in [0, 0.1) is 11.7 Å². The number of hydrogen-bond donors (Lipinski definition) is 2. The van der Waals surface area contributed by atoms with Crippen LogP contribution in [0.4, 0.5) is 4.39 Å². The predicted molar refractivity (Wildman–Crippen MR) is 159 cm³/mol. The van der Waals surface area contributed by atoms with Gasteiger partial charge in [0.2, 0.25) is 0 Å². The van der Waals surface area contributed by atoms with Crippen molar-refractivity contribution in [3.05, 3.63) is 101 Å². The maximum Gasteiger partial charge on any atom is 0.123 e. The summed E-state index contributed by atoms with van der Waals surface area (Å²) < 4.78 is 13.5. The first-order valence-electron chi connectivity index (χ1n) is 13.8. The summed E-state index contributed by atoms with van der Waals surface area (Å²) in [5.74, 6) is 0.521. The Hall–Kier alpha value is -4.25. The summed E-state index contributed by atoms with van der Waals surface area (Å²) in [6, 6.07) is 17.1. The number of hydrogen-bond acceptors (Lipinski definition) is 2. The summed E-state index contributed by atoms with van der Waals surface area (Å²) in [5.41, 5.74) is 7.98. The van der Waals surface area contributed by atoms with Gasteiger partial charge in [-0.3, -0.25) is 10.1 Å². The van der Waals surface area contributed by atoms with Crippen molar-refractivity contribution in [2.75, 3.05) is 0 Å². The quantitative estimate of drug-likeness (QED) is 0.251. The second-order valence-corrected chi connectivity index (χ2v) is 10.6. The molecule has 4 nitrogen and oxygen atoms in total. The molecule has 1 fully saturated rings. The molecule has 196 valence electrons. The van der Waals surface area contributed by atoms with Gasteiger partial charge in [-0.1, -0.05) is 69.0 Å². The number of nitrogens with zero attached hydrogens (tertiary/aromatic N) is 2. The lowest BCUT2D eigenvalue weighted by molar-refractivity contribution is 0.356. The van der Waals surface area contributed by atoms with E-state index in [1.807, 2.05) is 43.6 Å². The lowest BCUT2D eigenvalue weighted by Gasteiger charge is -2.21. The molecule has 0 amide bonds.